The minimum atomic E-state index is -0.156. The summed E-state index contributed by atoms with van der Waals surface area (Å²) in [5.74, 6) is -0.156. The molecule has 0 spiro atoms. The minimum absolute atomic E-state index is 0.156. The Morgan fingerprint density at radius 3 is 2.71 bits per heavy atom. The van der Waals surface area contributed by atoms with Crippen LogP contribution in [0.4, 0.5) is 11.4 Å². The van der Waals surface area contributed by atoms with Crippen molar-refractivity contribution in [1.29, 1.82) is 0 Å². The van der Waals surface area contributed by atoms with Crippen molar-refractivity contribution in [2.75, 3.05) is 24.3 Å². The summed E-state index contributed by atoms with van der Waals surface area (Å²) >= 11 is 0. The summed E-state index contributed by atoms with van der Waals surface area (Å²) in [6, 6.07) is 9.62. The molecule has 3 aromatic rings. The number of amides is 1. The lowest BCUT2D eigenvalue weighted by molar-refractivity contribution is 0.102. The maximum atomic E-state index is 12.5. The monoisotopic (exact) mass is 323 g/mol. The van der Waals surface area contributed by atoms with Crippen LogP contribution in [0.3, 0.4) is 0 Å². The molecule has 1 amide bonds. The highest BCUT2D eigenvalue weighted by atomic mass is 16.1. The number of pyridine rings is 1. The normalized spacial score (nSPS) is 11.0. The van der Waals surface area contributed by atoms with Crippen LogP contribution >= 0.6 is 0 Å². The SMILES string of the molecule is CC(C)n1ncc2cc(NC(=O)c3cccc(N(C)C)c3)cnc21. The zero-order chi connectivity index (χ0) is 17.3. The Labute approximate surface area is 141 Å². The fraction of sp³-hybridized carbons (Fsp3) is 0.278. The highest BCUT2D eigenvalue weighted by molar-refractivity contribution is 6.05. The third-order valence-corrected chi connectivity index (χ3v) is 3.81. The van der Waals surface area contributed by atoms with Crippen LogP contribution in [0.5, 0.6) is 0 Å². The molecule has 0 saturated heterocycles. The van der Waals surface area contributed by atoms with Crippen molar-refractivity contribution in [3.05, 3.63) is 48.3 Å². The Kier molecular flexibility index (Phi) is 4.20. The van der Waals surface area contributed by atoms with Crippen LogP contribution in [-0.2, 0) is 0 Å². The van der Waals surface area contributed by atoms with E-state index in [2.05, 4.69) is 29.2 Å². The van der Waals surface area contributed by atoms with Gasteiger partial charge in [0, 0.05) is 36.8 Å². The van der Waals surface area contributed by atoms with E-state index >= 15 is 0 Å². The van der Waals surface area contributed by atoms with Gasteiger partial charge in [-0.2, -0.15) is 5.10 Å². The van der Waals surface area contributed by atoms with Crippen molar-refractivity contribution in [3.63, 3.8) is 0 Å². The summed E-state index contributed by atoms with van der Waals surface area (Å²) in [4.78, 5) is 18.9. The van der Waals surface area contributed by atoms with Crippen LogP contribution in [0.1, 0.15) is 30.2 Å². The van der Waals surface area contributed by atoms with E-state index in [-0.39, 0.29) is 11.9 Å². The smallest absolute Gasteiger partial charge is 0.255 e. The van der Waals surface area contributed by atoms with Crippen LogP contribution in [0, 0.1) is 0 Å². The van der Waals surface area contributed by atoms with Gasteiger partial charge in [-0.05, 0) is 38.1 Å². The van der Waals surface area contributed by atoms with Crippen molar-refractivity contribution in [2.24, 2.45) is 0 Å². The number of nitrogens with zero attached hydrogens (tertiary/aromatic N) is 4. The average Bonchev–Trinajstić information content (AvgIpc) is 2.98. The summed E-state index contributed by atoms with van der Waals surface area (Å²) < 4.78 is 1.86. The van der Waals surface area contributed by atoms with Gasteiger partial charge in [-0.1, -0.05) is 6.07 Å². The fourth-order valence-electron chi connectivity index (χ4n) is 2.51. The Hall–Kier alpha value is -2.89. The first-order valence-electron chi connectivity index (χ1n) is 7.87. The van der Waals surface area contributed by atoms with Crippen molar-refractivity contribution in [2.45, 2.75) is 19.9 Å². The fourth-order valence-corrected chi connectivity index (χ4v) is 2.51. The third-order valence-electron chi connectivity index (χ3n) is 3.81. The molecular formula is C18H21N5O. The summed E-state index contributed by atoms with van der Waals surface area (Å²) in [6.07, 6.45) is 3.43. The summed E-state index contributed by atoms with van der Waals surface area (Å²) in [5, 5.41) is 8.14. The van der Waals surface area contributed by atoms with Gasteiger partial charge in [0.1, 0.15) is 0 Å². The Bertz CT molecular complexity index is 882. The first-order chi connectivity index (χ1) is 11.5. The van der Waals surface area contributed by atoms with E-state index in [0.29, 0.717) is 11.3 Å². The lowest BCUT2D eigenvalue weighted by atomic mass is 10.1. The van der Waals surface area contributed by atoms with E-state index in [1.165, 1.54) is 0 Å². The first-order valence-corrected chi connectivity index (χ1v) is 7.87. The molecule has 2 heterocycles. The second kappa shape index (κ2) is 6.31. The van der Waals surface area contributed by atoms with Gasteiger partial charge in [0.15, 0.2) is 5.65 Å². The standard InChI is InChI=1S/C18H21N5O/c1-12(2)23-17-14(10-20-23)8-15(11-19-17)21-18(24)13-6-5-7-16(9-13)22(3)4/h5-12H,1-4H3,(H,21,24). The molecule has 1 aromatic carbocycles. The van der Waals surface area contributed by atoms with Gasteiger partial charge in [-0.3, -0.25) is 4.79 Å². The maximum absolute atomic E-state index is 12.5. The Balaban J connectivity index is 1.84. The predicted molar refractivity (Wildman–Crippen MR) is 96.6 cm³/mol. The van der Waals surface area contributed by atoms with Gasteiger partial charge >= 0.3 is 0 Å². The summed E-state index contributed by atoms with van der Waals surface area (Å²) in [5.41, 5.74) is 3.07. The minimum Gasteiger partial charge on any atom is -0.378 e. The molecule has 0 bridgehead atoms. The molecular weight excluding hydrogens is 302 g/mol. The zero-order valence-corrected chi connectivity index (χ0v) is 14.3. The number of hydrogen-bond donors (Lipinski definition) is 1. The highest BCUT2D eigenvalue weighted by Gasteiger charge is 2.11. The molecule has 24 heavy (non-hydrogen) atoms. The van der Waals surface area contributed by atoms with Crippen LogP contribution in [-0.4, -0.2) is 34.8 Å². The lowest BCUT2D eigenvalue weighted by Gasteiger charge is -2.13. The van der Waals surface area contributed by atoms with E-state index in [0.717, 1.165) is 16.7 Å². The lowest BCUT2D eigenvalue weighted by Crippen LogP contribution is -2.14. The molecule has 6 nitrogen and oxygen atoms in total. The molecule has 0 fully saturated rings. The van der Waals surface area contributed by atoms with Crippen LogP contribution in [0.25, 0.3) is 11.0 Å². The second-order valence-electron chi connectivity index (χ2n) is 6.22. The molecule has 0 saturated carbocycles. The van der Waals surface area contributed by atoms with Crippen LogP contribution in [0.15, 0.2) is 42.7 Å². The summed E-state index contributed by atoms with van der Waals surface area (Å²) in [6.45, 7) is 4.11. The molecule has 124 valence electrons. The number of nitrogens with one attached hydrogen (secondary N) is 1. The number of rotatable bonds is 4. The molecule has 1 N–H and O–H groups in total. The van der Waals surface area contributed by atoms with E-state index in [1.54, 1.807) is 18.5 Å². The number of hydrogen-bond acceptors (Lipinski definition) is 4. The topological polar surface area (TPSA) is 63.1 Å². The quantitative estimate of drug-likeness (QED) is 0.800. The number of carbonyl (C=O) groups is 1. The molecule has 2 aromatic heterocycles. The van der Waals surface area contributed by atoms with Crippen molar-refractivity contribution < 1.29 is 4.79 Å². The average molecular weight is 323 g/mol. The molecule has 0 radical (unpaired) electrons. The van der Waals surface area contributed by atoms with Gasteiger partial charge in [0.2, 0.25) is 0 Å². The first kappa shape index (κ1) is 16.0. The van der Waals surface area contributed by atoms with Crippen LogP contribution in [0.2, 0.25) is 0 Å². The van der Waals surface area contributed by atoms with Crippen LogP contribution < -0.4 is 10.2 Å². The largest absolute Gasteiger partial charge is 0.378 e. The van der Waals surface area contributed by atoms with Gasteiger partial charge < -0.3 is 10.2 Å². The van der Waals surface area contributed by atoms with Crippen molar-refractivity contribution in [3.8, 4) is 0 Å². The third kappa shape index (κ3) is 3.08. The molecule has 0 atom stereocenters. The number of benzene rings is 1. The van der Waals surface area contributed by atoms with Gasteiger partial charge in [-0.25, -0.2) is 9.67 Å². The molecule has 0 aliphatic heterocycles. The molecule has 0 aliphatic rings. The molecule has 0 aliphatic carbocycles. The van der Waals surface area contributed by atoms with E-state index in [9.17, 15) is 4.79 Å². The zero-order valence-electron chi connectivity index (χ0n) is 14.3. The van der Waals surface area contributed by atoms with E-state index < -0.39 is 0 Å². The van der Waals surface area contributed by atoms with Gasteiger partial charge in [0.25, 0.3) is 5.91 Å². The molecule has 6 heteroatoms. The second-order valence-corrected chi connectivity index (χ2v) is 6.22. The van der Waals surface area contributed by atoms with Gasteiger partial charge in [-0.15, -0.1) is 0 Å². The summed E-state index contributed by atoms with van der Waals surface area (Å²) in [7, 11) is 3.89. The van der Waals surface area contributed by atoms with Gasteiger partial charge in [0.05, 0.1) is 18.1 Å². The number of carbonyl (C=O) groups excluding carboxylic acids is 1. The number of fused-ring (bicyclic) bond motifs is 1. The van der Waals surface area contributed by atoms with E-state index in [4.69, 9.17) is 0 Å². The molecule has 0 unspecified atom stereocenters. The predicted octanol–water partition coefficient (Wildman–Crippen LogP) is 3.33. The van der Waals surface area contributed by atoms with Crippen molar-refractivity contribution in [1.82, 2.24) is 14.8 Å². The molecule has 3 rings (SSSR count). The number of aromatic nitrogens is 3. The Morgan fingerprint density at radius 2 is 2.00 bits per heavy atom. The van der Waals surface area contributed by atoms with E-state index in [1.807, 2.05) is 47.9 Å². The number of anilines is 2. The van der Waals surface area contributed by atoms with Crippen molar-refractivity contribution >= 4 is 28.3 Å². The maximum Gasteiger partial charge on any atom is 0.255 e. The highest BCUT2D eigenvalue weighted by Crippen LogP contribution is 2.20. The Morgan fingerprint density at radius 1 is 1.21 bits per heavy atom.